The van der Waals surface area contributed by atoms with E-state index in [-0.39, 0.29) is 0 Å². The molecule has 60 valence electrons. The van der Waals surface area contributed by atoms with Crippen molar-refractivity contribution in [3.8, 4) is 0 Å². The Morgan fingerprint density at radius 2 is 2.30 bits per heavy atom. The van der Waals surface area contributed by atoms with Crippen molar-refractivity contribution in [1.29, 1.82) is 0 Å². The quantitative estimate of drug-likeness (QED) is 0.547. The smallest absolute Gasteiger partial charge is 0.276 e. The van der Waals surface area contributed by atoms with Gasteiger partial charge in [-0.05, 0) is 12.8 Å². The van der Waals surface area contributed by atoms with E-state index in [1.54, 1.807) is 0 Å². The summed E-state index contributed by atoms with van der Waals surface area (Å²) in [6.45, 7) is 0.604. The Bertz CT molecular complexity index is 195. The van der Waals surface area contributed by atoms with Gasteiger partial charge in [0.15, 0.2) is 0 Å². The molecule has 5 nitrogen and oxygen atoms in total. The van der Waals surface area contributed by atoms with Crippen molar-refractivity contribution in [3.05, 3.63) is 0 Å². The maximum Gasteiger partial charge on any atom is 0.276 e. The highest BCUT2D eigenvalue weighted by Crippen LogP contribution is 2.08. The summed E-state index contributed by atoms with van der Waals surface area (Å²) in [7, 11) is -3.58. The van der Waals surface area contributed by atoms with Gasteiger partial charge in [0.05, 0.1) is 0 Å². The van der Waals surface area contributed by atoms with Crippen molar-refractivity contribution in [2.75, 3.05) is 6.61 Å². The molecule has 0 saturated carbocycles. The fourth-order valence-corrected chi connectivity index (χ4v) is 1.41. The molecular weight excluding hydrogens is 156 g/mol. The molecule has 0 amide bonds. The lowest BCUT2D eigenvalue weighted by molar-refractivity contribution is 0.103. The van der Waals surface area contributed by atoms with E-state index in [1.165, 1.54) is 0 Å². The molecule has 0 aromatic carbocycles. The number of hydrogen-bond acceptors (Lipinski definition) is 3. The van der Waals surface area contributed by atoms with E-state index in [0.29, 0.717) is 13.0 Å². The highest BCUT2D eigenvalue weighted by Gasteiger charge is 2.18. The van der Waals surface area contributed by atoms with Gasteiger partial charge in [-0.2, -0.15) is 13.1 Å². The summed E-state index contributed by atoms with van der Waals surface area (Å²) in [5.74, 6) is 0. The summed E-state index contributed by atoms with van der Waals surface area (Å²) in [5.41, 5.74) is 0. The van der Waals surface area contributed by atoms with Gasteiger partial charge < -0.3 is 4.74 Å². The average Bonchev–Trinajstić information content (AvgIpc) is 2.12. The molecule has 3 N–H and O–H groups in total. The molecule has 1 atom stereocenters. The second-order valence-electron chi connectivity index (χ2n) is 2.16. The first-order valence-electron chi connectivity index (χ1n) is 2.99. The number of ether oxygens (including phenoxy) is 1. The third kappa shape index (κ3) is 2.61. The Morgan fingerprint density at radius 1 is 1.60 bits per heavy atom. The van der Waals surface area contributed by atoms with E-state index >= 15 is 0 Å². The summed E-state index contributed by atoms with van der Waals surface area (Å²) in [5, 5.41) is 4.70. The highest BCUT2D eigenvalue weighted by atomic mass is 32.2. The number of nitrogens with one attached hydrogen (secondary N) is 1. The van der Waals surface area contributed by atoms with Crippen LogP contribution in [0.25, 0.3) is 0 Å². The number of hydrogen-bond donors (Lipinski definition) is 2. The Labute approximate surface area is 59.7 Å². The lowest BCUT2D eigenvalue weighted by Gasteiger charge is -2.07. The zero-order valence-electron chi connectivity index (χ0n) is 5.41. The molecule has 0 aliphatic carbocycles. The van der Waals surface area contributed by atoms with Crippen LogP contribution < -0.4 is 9.86 Å². The highest BCUT2D eigenvalue weighted by molar-refractivity contribution is 7.87. The summed E-state index contributed by atoms with van der Waals surface area (Å²) in [6.07, 6.45) is 1.18. The molecule has 0 aromatic heterocycles. The lowest BCUT2D eigenvalue weighted by Crippen LogP contribution is -2.38. The van der Waals surface area contributed by atoms with Gasteiger partial charge in [-0.25, -0.2) is 5.14 Å². The van der Waals surface area contributed by atoms with Gasteiger partial charge in [0.25, 0.3) is 10.2 Å². The van der Waals surface area contributed by atoms with Crippen LogP contribution >= 0.6 is 0 Å². The third-order valence-electron chi connectivity index (χ3n) is 1.23. The van der Waals surface area contributed by atoms with Crippen LogP contribution in [0.1, 0.15) is 12.8 Å². The molecule has 0 radical (unpaired) electrons. The summed E-state index contributed by atoms with van der Waals surface area (Å²) in [4.78, 5) is 0. The SMILES string of the molecule is NS(=O)(=O)NC1CCCO1. The van der Waals surface area contributed by atoms with Gasteiger partial charge in [-0.3, -0.25) is 0 Å². The van der Waals surface area contributed by atoms with Gasteiger partial charge >= 0.3 is 0 Å². The molecule has 0 aromatic rings. The molecule has 1 rings (SSSR count). The Kier molecular flexibility index (Phi) is 2.24. The zero-order valence-corrected chi connectivity index (χ0v) is 6.23. The molecule has 1 aliphatic heterocycles. The van der Waals surface area contributed by atoms with Gasteiger partial charge in [-0.15, -0.1) is 0 Å². The van der Waals surface area contributed by atoms with Crippen LogP contribution in [-0.4, -0.2) is 21.3 Å². The van der Waals surface area contributed by atoms with E-state index in [2.05, 4.69) is 4.72 Å². The topological polar surface area (TPSA) is 81.4 Å². The Balaban J connectivity index is 2.38. The van der Waals surface area contributed by atoms with Crippen molar-refractivity contribution in [2.24, 2.45) is 5.14 Å². The second-order valence-corrected chi connectivity index (χ2v) is 3.49. The normalized spacial score (nSPS) is 27.1. The predicted molar refractivity (Wildman–Crippen MR) is 35.2 cm³/mol. The van der Waals surface area contributed by atoms with E-state index in [4.69, 9.17) is 9.88 Å². The average molecular weight is 166 g/mol. The van der Waals surface area contributed by atoms with E-state index in [9.17, 15) is 8.42 Å². The molecule has 1 fully saturated rings. The first-order chi connectivity index (χ1) is 4.58. The molecule has 1 heterocycles. The van der Waals surface area contributed by atoms with Crippen molar-refractivity contribution in [3.63, 3.8) is 0 Å². The molecular formula is C4H10N2O3S. The molecule has 10 heavy (non-hydrogen) atoms. The van der Waals surface area contributed by atoms with E-state index in [1.807, 2.05) is 0 Å². The summed E-state index contributed by atoms with van der Waals surface area (Å²) < 4.78 is 27.9. The van der Waals surface area contributed by atoms with E-state index in [0.717, 1.165) is 6.42 Å². The monoisotopic (exact) mass is 166 g/mol. The zero-order chi connectivity index (χ0) is 7.61. The van der Waals surface area contributed by atoms with Crippen molar-refractivity contribution in [2.45, 2.75) is 19.1 Å². The van der Waals surface area contributed by atoms with Gasteiger partial charge in [-0.1, -0.05) is 0 Å². The first kappa shape index (κ1) is 7.93. The van der Waals surface area contributed by atoms with E-state index < -0.39 is 16.4 Å². The summed E-state index contributed by atoms with van der Waals surface area (Å²) in [6, 6.07) is 0. The minimum absolute atomic E-state index is 0.407. The standard InChI is InChI=1S/C4H10N2O3S/c5-10(7,8)6-4-2-1-3-9-4/h4,6H,1-3H2,(H2,5,7,8). The van der Waals surface area contributed by atoms with Crippen LogP contribution in [0, 0.1) is 0 Å². The fraction of sp³-hybridized carbons (Fsp3) is 1.00. The van der Waals surface area contributed by atoms with Crippen molar-refractivity contribution in [1.82, 2.24) is 4.72 Å². The van der Waals surface area contributed by atoms with Crippen LogP contribution in [0.2, 0.25) is 0 Å². The molecule has 0 bridgehead atoms. The van der Waals surface area contributed by atoms with Crippen LogP contribution in [0.4, 0.5) is 0 Å². The van der Waals surface area contributed by atoms with Crippen LogP contribution in [-0.2, 0) is 14.9 Å². The maximum atomic E-state index is 10.4. The second kappa shape index (κ2) is 2.83. The van der Waals surface area contributed by atoms with Gasteiger partial charge in [0.1, 0.15) is 6.23 Å². The minimum Gasteiger partial charge on any atom is -0.362 e. The molecule has 1 saturated heterocycles. The van der Waals surface area contributed by atoms with Crippen molar-refractivity contribution >= 4 is 10.2 Å². The molecule has 6 heteroatoms. The third-order valence-corrected chi connectivity index (χ3v) is 1.82. The van der Waals surface area contributed by atoms with Crippen molar-refractivity contribution < 1.29 is 13.2 Å². The lowest BCUT2D eigenvalue weighted by atomic mass is 10.3. The fourth-order valence-electron chi connectivity index (χ4n) is 0.854. The predicted octanol–water partition coefficient (Wildman–Crippen LogP) is -1.08. The number of rotatable bonds is 2. The van der Waals surface area contributed by atoms with Crippen LogP contribution in [0.5, 0.6) is 0 Å². The Morgan fingerprint density at radius 3 is 2.70 bits per heavy atom. The Hall–Kier alpha value is -0.170. The largest absolute Gasteiger partial charge is 0.362 e. The maximum absolute atomic E-state index is 10.4. The minimum atomic E-state index is -3.58. The first-order valence-corrected chi connectivity index (χ1v) is 4.54. The van der Waals surface area contributed by atoms with Crippen LogP contribution in [0.15, 0.2) is 0 Å². The molecule has 1 aliphatic rings. The van der Waals surface area contributed by atoms with Crippen LogP contribution in [0.3, 0.4) is 0 Å². The molecule has 0 spiro atoms. The number of nitrogens with two attached hydrogens (primary N) is 1. The van der Waals surface area contributed by atoms with Gasteiger partial charge in [0.2, 0.25) is 0 Å². The molecule has 1 unspecified atom stereocenters. The van der Waals surface area contributed by atoms with Gasteiger partial charge in [0, 0.05) is 6.61 Å². The summed E-state index contributed by atoms with van der Waals surface area (Å²) >= 11 is 0.